The number of fused-ring (bicyclic) bond motifs is 3. The van der Waals surface area contributed by atoms with Gasteiger partial charge in [0.1, 0.15) is 0 Å². The second-order valence-electron chi connectivity index (χ2n) is 9.33. The first-order chi connectivity index (χ1) is 17.1. The van der Waals surface area contributed by atoms with E-state index < -0.39 is 0 Å². The number of rotatable bonds is 4. The molecule has 2 aliphatic heterocycles. The Balaban J connectivity index is 1.17. The Morgan fingerprint density at radius 2 is 1.94 bits per heavy atom. The maximum absolute atomic E-state index is 13.4. The third-order valence-electron chi connectivity index (χ3n) is 7.24. The standard InChI is InChI=1S/C27H27N3O4S/c1-16-22(12-29-26(31)17-6-7-23-24(10-17)34-15-33-23)20-8-9-30(13-19(20)11-28-16)27(32)25-21-5-3-2-4-18(21)14-35-25/h6-7,10-11,14H,2-5,8-9,12-13,15H2,1H3,(H,29,31). The fourth-order valence-electron chi connectivity index (χ4n) is 5.28. The number of nitrogens with zero attached hydrogens (tertiary/aromatic N) is 2. The van der Waals surface area contributed by atoms with Crippen LogP contribution in [0.15, 0.2) is 29.8 Å². The monoisotopic (exact) mass is 489 g/mol. The number of carbonyl (C=O) groups is 2. The lowest BCUT2D eigenvalue weighted by Crippen LogP contribution is -2.37. The molecule has 0 saturated carbocycles. The van der Waals surface area contributed by atoms with Gasteiger partial charge in [-0.1, -0.05) is 0 Å². The molecule has 180 valence electrons. The van der Waals surface area contributed by atoms with E-state index in [2.05, 4.69) is 15.7 Å². The third kappa shape index (κ3) is 4.05. The van der Waals surface area contributed by atoms with E-state index in [4.69, 9.17) is 9.47 Å². The summed E-state index contributed by atoms with van der Waals surface area (Å²) < 4.78 is 10.7. The van der Waals surface area contributed by atoms with Crippen LogP contribution in [0.5, 0.6) is 11.5 Å². The van der Waals surface area contributed by atoms with E-state index in [-0.39, 0.29) is 18.6 Å². The van der Waals surface area contributed by atoms with Gasteiger partial charge in [-0.05, 0) is 90.4 Å². The van der Waals surface area contributed by atoms with Crippen molar-refractivity contribution in [2.45, 2.75) is 52.1 Å². The van der Waals surface area contributed by atoms with Crippen molar-refractivity contribution in [1.82, 2.24) is 15.2 Å². The normalized spacial score (nSPS) is 16.0. The highest BCUT2D eigenvalue weighted by Gasteiger charge is 2.28. The number of nitrogens with one attached hydrogen (secondary N) is 1. The predicted octanol–water partition coefficient (Wildman–Crippen LogP) is 4.19. The summed E-state index contributed by atoms with van der Waals surface area (Å²) in [7, 11) is 0. The average Bonchev–Trinajstić information content (AvgIpc) is 3.54. The third-order valence-corrected chi connectivity index (χ3v) is 8.30. The summed E-state index contributed by atoms with van der Waals surface area (Å²) in [5, 5.41) is 5.21. The average molecular weight is 490 g/mol. The number of benzene rings is 1. The summed E-state index contributed by atoms with van der Waals surface area (Å²) >= 11 is 1.60. The molecule has 0 saturated heterocycles. The number of hydrogen-bond acceptors (Lipinski definition) is 6. The number of amides is 2. The van der Waals surface area contributed by atoms with Crippen LogP contribution in [0.3, 0.4) is 0 Å². The largest absolute Gasteiger partial charge is 0.454 e. The van der Waals surface area contributed by atoms with Crippen LogP contribution in [0.25, 0.3) is 0 Å². The fourth-order valence-corrected chi connectivity index (χ4v) is 6.41. The van der Waals surface area contributed by atoms with E-state index in [9.17, 15) is 9.59 Å². The Morgan fingerprint density at radius 3 is 2.86 bits per heavy atom. The second kappa shape index (κ2) is 9.00. The summed E-state index contributed by atoms with van der Waals surface area (Å²) in [5.74, 6) is 1.21. The van der Waals surface area contributed by atoms with Crippen molar-refractivity contribution in [2.75, 3.05) is 13.3 Å². The number of pyridine rings is 1. The topological polar surface area (TPSA) is 80.8 Å². The minimum absolute atomic E-state index is 0.141. The van der Waals surface area contributed by atoms with Gasteiger partial charge < -0.3 is 19.7 Å². The van der Waals surface area contributed by atoms with Gasteiger partial charge in [0.15, 0.2) is 11.5 Å². The molecule has 4 heterocycles. The molecule has 2 amide bonds. The molecular formula is C27H27N3O4S. The molecule has 0 radical (unpaired) electrons. The van der Waals surface area contributed by atoms with Crippen LogP contribution >= 0.6 is 11.3 Å². The fraction of sp³-hybridized carbons (Fsp3) is 0.370. The molecule has 0 fully saturated rings. The molecule has 2 aromatic heterocycles. The van der Waals surface area contributed by atoms with Gasteiger partial charge in [-0.3, -0.25) is 14.6 Å². The van der Waals surface area contributed by atoms with Crippen LogP contribution in [0.4, 0.5) is 0 Å². The first kappa shape index (κ1) is 22.1. The van der Waals surface area contributed by atoms with Crippen LogP contribution in [0.2, 0.25) is 0 Å². The molecule has 0 bridgehead atoms. The minimum Gasteiger partial charge on any atom is -0.454 e. The quantitative estimate of drug-likeness (QED) is 0.595. The van der Waals surface area contributed by atoms with Gasteiger partial charge in [0.25, 0.3) is 11.8 Å². The molecule has 8 heteroatoms. The number of aromatic nitrogens is 1. The molecule has 3 aromatic rings. The first-order valence-corrected chi connectivity index (χ1v) is 13.0. The summed E-state index contributed by atoms with van der Waals surface area (Å²) in [4.78, 5) is 33.7. The summed E-state index contributed by atoms with van der Waals surface area (Å²) in [5.41, 5.74) is 7.36. The number of thiophene rings is 1. The van der Waals surface area contributed by atoms with Gasteiger partial charge in [0.05, 0.1) is 4.88 Å². The van der Waals surface area contributed by atoms with E-state index in [0.717, 1.165) is 47.4 Å². The van der Waals surface area contributed by atoms with Gasteiger partial charge in [0.2, 0.25) is 6.79 Å². The summed E-state index contributed by atoms with van der Waals surface area (Å²) in [6.07, 6.45) is 7.12. The van der Waals surface area contributed by atoms with Crippen molar-refractivity contribution in [1.29, 1.82) is 0 Å². The molecule has 0 spiro atoms. The number of carbonyl (C=O) groups excluding carboxylic acids is 2. The lowest BCUT2D eigenvalue weighted by molar-refractivity contribution is 0.0737. The zero-order valence-corrected chi connectivity index (χ0v) is 20.5. The summed E-state index contributed by atoms with van der Waals surface area (Å²) in [6, 6.07) is 5.20. The van der Waals surface area contributed by atoms with Gasteiger partial charge in [-0.2, -0.15) is 0 Å². The van der Waals surface area contributed by atoms with E-state index in [0.29, 0.717) is 36.7 Å². The highest BCUT2D eigenvalue weighted by atomic mass is 32.1. The highest BCUT2D eigenvalue weighted by Crippen LogP contribution is 2.34. The molecule has 6 rings (SSSR count). The Bertz CT molecular complexity index is 1330. The van der Waals surface area contributed by atoms with Crippen molar-refractivity contribution >= 4 is 23.2 Å². The van der Waals surface area contributed by atoms with Gasteiger partial charge >= 0.3 is 0 Å². The van der Waals surface area contributed by atoms with Gasteiger partial charge in [0, 0.05) is 37.1 Å². The Kier molecular flexibility index (Phi) is 5.68. The number of aryl methyl sites for hydroxylation is 2. The van der Waals surface area contributed by atoms with E-state index >= 15 is 0 Å². The molecule has 1 N–H and O–H groups in total. The van der Waals surface area contributed by atoms with Crippen LogP contribution in [-0.4, -0.2) is 35.0 Å². The Morgan fingerprint density at radius 1 is 1.09 bits per heavy atom. The Hall–Kier alpha value is -3.39. The zero-order chi connectivity index (χ0) is 23.9. The Labute approximate surface area is 208 Å². The zero-order valence-electron chi connectivity index (χ0n) is 19.7. The van der Waals surface area contributed by atoms with Crippen molar-refractivity contribution < 1.29 is 19.1 Å². The van der Waals surface area contributed by atoms with Crippen molar-refractivity contribution in [3.05, 3.63) is 73.7 Å². The number of ether oxygens (including phenoxy) is 2. The SMILES string of the molecule is Cc1ncc2c(c1CNC(=O)c1ccc3c(c1)OCO3)CCN(C(=O)c1scc3c1CCCC3)C2. The van der Waals surface area contributed by atoms with Crippen molar-refractivity contribution in [2.24, 2.45) is 0 Å². The summed E-state index contributed by atoms with van der Waals surface area (Å²) in [6.45, 7) is 3.76. The molecule has 0 unspecified atom stereocenters. The van der Waals surface area contributed by atoms with Crippen LogP contribution in [-0.2, 0) is 32.4 Å². The van der Waals surface area contributed by atoms with Crippen LogP contribution < -0.4 is 14.8 Å². The van der Waals surface area contributed by atoms with E-state index in [1.807, 2.05) is 18.0 Å². The lowest BCUT2D eigenvalue weighted by Gasteiger charge is -2.30. The van der Waals surface area contributed by atoms with Crippen LogP contribution in [0.1, 0.15) is 66.4 Å². The lowest BCUT2D eigenvalue weighted by atomic mass is 9.92. The molecule has 1 aromatic carbocycles. The predicted molar refractivity (Wildman–Crippen MR) is 132 cm³/mol. The number of hydrogen-bond donors (Lipinski definition) is 1. The van der Waals surface area contributed by atoms with E-state index in [1.165, 1.54) is 23.1 Å². The van der Waals surface area contributed by atoms with Crippen molar-refractivity contribution in [3.8, 4) is 11.5 Å². The molecule has 35 heavy (non-hydrogen) atoms. The minimum atomic E-state index is -0.171. The van der Waals surface area contributed by atoms with Gasteiger partial charge in [-0.25, -0.2) is 0 Å². The van der Waals surface area contributed by atoms with E-state index in [1.54, 1.807) is 29.5 Å². The maximum atomic E-state index is 13.4. The van der Waals surface area contributed by atoms with Gasteiger partial charge in [-0.15, -0.1) is 11.3 Å². The molecular weight excluding hydrogens is 462 g/mol. The molecule has 0 atom stereocenters. The second-order valence-corrected chi connectivity index (χ2v) is 10.2. The van der Waals surface area contributed by atoms with Crippen molar-refractivity contribution in [3.63, 3.8) is 0 Å². The maximum Gasteiger partial charge on any atom is 0.264 e. The molecule has 1 aliphatic carbocycles. The smallest absolute Gasteiger partial charge is 0.264 e. The van der Waals surface area contributed by atoms with Crippen LogP contribution in [0, 0.1) is 6.92 Å². The molecule has 3 aliphatic rings. The molecule has 7 nitrogen and oxygen atoms in total. The highest BCUT2D eigenvalue weighted by molar-refractivity contribution is 7.12. The first-order valence-electron chi connectivity index (χ1n) is 12.1.